The lowest BCUT2D eigenvalue weighted by molar-refractivity contribution is 0.296. The lowest BCUT2D eigenvalue weighted by Gasteiger charge is -2.12. The van der Waals surface area contributed by atoms with E-state index >= 15 is 0 Å². The molecule has 0 spiro atoms. The smallest absolute Gasteiger partial charge is 0.142 e. The highest BCUT2D eigenvalue weighted by atomic mass is 16.5. The van der Waals surface area contributed by atoms with Crippen molar-refractivity contribution in [2.45, 2.75) is 6.61 Å². The van der Waals surface area contributed by atoms with E-state index in [0.717, 1.165) is 5.56 Å². The van der Waals surface area contributed by atoms with Crippen LogP contribution in [0.3, 0.4) is 0 Å². The van der Waals surface area contributed by atoms with Crippen LogP contribution < -0.4 is 19.9 Å². The van der Waals surface area contributed by atoms with Gasteiger partial charge in [-0.05, 0) is 30.3 Å². The second-order valence-corrected chi connectivity index (χ2v) is 4.33. The van der Waals surface area contributed by atoms with Crippen molar-refractivity contribution in [2.24, 2.45) is 0 Å². The lowest BCUT2D eigenvalue weighted by atomic mass is 10.1. The van der Waals surface area contributed by atoms with Crippen LogP contribution >= 0.6 is 0 Å². The molecule has 0 radical (unpaired) electrons. The molecule has 21 heavy (non-hydrogen) atoms. The molecule has 2 aromatic rings. The van der Waals surface area contributed by atoms with Gasteiger partial charge in [0.15, 0.2) is 0 Å². The Morgan fingerprint density at radius 1 is 1.05 bits per heavy atom. The zero-order valence-corrected chi connectivity index (χ0v) is 11.9. The maximum atomic E-state index is 8.94. The molecular weight excluding hydrogens is 268 g/mol. The van der Waals surface area contributed by atoms with Crippen LogP contribution in [0, 0.1) is 11.3 Å². The second kappa shape index (κ2) is 6.53. The minimum atomic E-state index is 0.282. The summed E-state index contributed by atoms with van der Waals surface area (Å²) in [7, 11) is 3.14. The first-order valence-electron chi connectivity index (χ1n) is 6.31. The first-order chi connectivity index (χ1) is 10.2. The van der Waals surface area contributed by atoms with Gasteiger partial charge in [-0.15, -0.1) is 0 Å². The molecule has 0 heterocycles. The van der Waals surface area contributed by atoms with Crippen molar-refractivity contribution in [2.75, 3.05) is 20.0 Å². The van der Waals surface area contributed by atoms with Gasteiger partial charge in [0.05, 0.1) is 31.5 Å². The van der Waals surface area contributed by atoms with Crippen molar-refractivity contribution in [3.8, 4) is 23.3 Å². The van der Waals surface area contributed by atoms with Gasteiger partial charge in [0, 0.05) is 11.6 Å². The fourth-order valence-corrected chi connectivity index (χ4v) is 1.92. The predicted octanol–water partition coefficient (Wildman–Crippen LogP) is 2.74. The number of hydrogen-bond acceptors (Lipinski definition) is 5. The Morgan fingerprint density at radius 3 is 2.38 bits per heavy atom. The van der Waals surface area contributed by atoms with E-state index in [2.05, 4.69) is 6.07 Å². The van der Waals surface area contributed by atoms with E-state index in [4.69, 9.17) is 25.2 Å². The van der Waals surface area contributed by atoms with Gasteiger partial charge in [-0.2, -0.15) is 5.26 Å². The molecular formula is C16H16N2O3. The molecule has 5 nitrogen and oxygen atoms in total. The zero-order valence-electron chi connectivity index (χ0n) is 11.9. The Balaban J connectivity index is 2.16. The molecule has 0 aromatic heterocycles. The Hall–Kier alpha value is -2.87. The SMILES string of the molecule is COc1ccc(OCc2cc(C#N)ccc2OC)cc1N. The van der Waals surface area contributed by atoms with Gasteiger partial charge in [-0.3, -0.25) is 0 Å². The monoisotopic (exact) mass is 284 g/mol. The molecule has 0 unspecified atom stereocenters. The van der Waals surface area contributed by atoms with Crippen LogP contribution in [-0.2, 0) is 6.61 Å². The lowest BCUT2D eigenvalue weighted by Crippen LogP contribution is -2.00. The molecule has 0 aliphatic carbocycles. The summed E-state index contributed by atoms with van der Waals surface area (Å²) < 4.78 is 16.0. The Bertz CT molecular complexity index is 678. The zero-order chi connectivity index (χ0) is 15.2. The highest BCUT2D eigenvalue weighted by Crippen LogP contribution is 2.27. The average molecular weight is 284 g/mol. The topological polar surface area (TPSA) is 77.5 Å². The van der Waals surface area contributed by atoms with Gasteiger partial charge in [-0.1, -0.05) is 0 Å². The molecule has 0 aliphatic heterocycles. The summed E-state index contributed by atoms with van der Waals surface area (Å²) in [6.45, 7) is 0.282. The third kappa shape index (κ3) is 3.37. The molecule has 0 saturated carbocycles. The summed E-state index contributed by atoms with van der Waals surface area (Å²) >= 11 is 0. The predicted molar refractivity (Wildman–Crippen MR) is 79.4 cm³/mol. The van der Waals surface area contributed by atoms with Crippen LogP contribution in [0.15, 0.2) is 36.4 Å². The number of hydrogen-bond donors (Lipinski definition) is 1. The molecule has 0 aliphatic rings. The highest BCUT2D eigenvalue weighted by molar-refractivity contribution is 5.56. The van der Waals surface area contributed by atoms with Crippen LogP contribution in [0.25, 0.3) is 0 Å². The number of methoxy groups -OCH3 is 2. The molecule has 0 bridgehead atoms. The third-order valence-corrected chi connectivity index (χ3v) is 3.01. The number of rotatable bonds is 5. The minimum Gasteiger partial charge on any atom is -0.496 e. The van der Waals surface area contributed by atoms with E-state index < -0.39 is 0 Å². The summed E-state index contributed by atoms with van der Waals surface area (Å²) in [6.07, 6.45) is 0. The Labute approximate surface area is 123 Å². The normalized spacial score (nSPS) is 9.76. The molecule has 0 amide bonds. The number of nitriles is 1. The van der Waals surface area contributed by atoms with Crippen LogP contribution in [0.5, 0.6) is 17.2 Å². The summed E-state index contributed by atoms with van der Waals surface area (Å²) in [6, 6.07) is 12.5. The number of benzene rings is 2. The minimum absolute atomic E-state index is 0.282. The summed E-state index contributed by atoms with van der Waals surface area (Å²) in [4.78, 5) is 0. The van der Waals surface area contributed by atoms with Crippen LogP contribution in [0.4, 0.5) is 5.69 Å². The standard InChI is InChI=1S/C16H16N2O3/c1-19-15-5-3-11(9-17)7-12(15)10-21-13-4-6-16(20-2)14(18)8-13/h3-8H,10,18H2,1-2H3. The number of nitrogens with two attached hydrogens (primary N) is 1. The highest BCUT2D eigenvalue weighted by Gasteiger charge is 2.07. The van der Waals surface area contributed by atoms with E-state index in [1.54, 1.807) is 50.6 Å². The Morgan fingerprint density at radius 2 is 1.76 bits per heavy atom. The molecule has 0 fully saturated rings. The number of nitrogens with zero attached hydrogens (tertiary/aromatic N) is 1. The van der Waals surface area contributed by atoms with Crippen molar-refractivity contribution in [3.05, 3.63) is 47.5 Å². The second-order valence-electron chi connectivity index (χ2n) is 4.33. The van der Waals surface area contributed by atoms with E-state index in [-0.39, 0.29) is 6.61 Å². The van der Waals surface area contributed by atoms with Gasteiger partial charge >= 0.3 is 0 Å². The maximum Gasteiger partial charge on any atom is 0.142 e. The first kappa shape index (κ1) is 14.5. The number of anilines is 1. The number of ether oxygens (including phenoxy) is 3. The first-order valence-corrected chi connectivity index (χ1v) is 6.31. The van der Waals surface area contributed by atoms with Gasteiger partial charge in [-0.25, -0.2) is 0 Å². The molecule has 2 N–H and O–H groups in total. The van der Waals surface area contributed by atoms with Gasteiger partial charge in [0.1, 0.15) is 23.9 Å². The molecule has 2 aromatic carbocycles. The van der Waals surface area contributed by atoms with Crippen molar-refractivity contribution in [1.82, 2.24) is 0 Å². The van der Waals surface area contributed by atoms with Crippen molar-refractivity contribution < 1.29 is 14.2 Å². The summed E-state index contributed by atoms with van der Waals surface area (Å²) in [5, 5.41) is 8.94. The Kier molecular flexibility index (Phi) is 4.52. The number of nitrogen functional groups attached to an aromatic ring is 1. The van der Waals surface area contributed by atoms with Crippen molar-refractivity contribution in [3.63, 3.8) is 0 Å². The molecule has 0 saturated heterocycles. The largest absolute Gasteiger partial charge is 0.496 e. The van der Waals surface area contributed by atoms with Gasteiger partial charge in [0.2, 0.25) is 0 Å². The van der Waals surface area contributed by atoms with Crippen LogP contribution in [0.2, 0.25) is 0 Å². The van der Waals surface area contributed by atoms with Crippen LogP contribution in [0.1, 0.15) is 11.1 Å². The average Bonchev–Trinajstić information content (AvgIpc) is 2.52. The fourth-order valence-electron chi connectivity index (χ4n) is 1.92. The van der Waals surface area contributed by atoms with Crippen molar-refractivity contribution in [1.29, 1.82) is 5.26 Å². The maximum absolute atomic E-state index is 8.94. The summed E-state index contributed by atoms with van der Waals surface area (Å²) in [5.41, 5.74) is 7.69. The molecule has 108 valence electrons. The molecule has 2 rings (SSSR count). The van der Waals surface area contributed by atoms with E-state index in [1.165, 1.54) is 0 Å². The fraction of sp³-hybridized carbons (Fsp3) is 0.188. The quantitative estimate of drug-likeness (QED) is 0.854. The van der Waals surface area contributed by atoms with E-state index in [9.17, 15) is 0 Å². The molecule has 5 heteroatoms. The van der Waals surface area contributed by atoms with E-state index in [0.29, 0.717) is 28.5 Å². The van der Waals surface area contributed by atoms with Gasteiger partial charge < -0.3 is 19.9 Å². The van der Waals surface area contributed by atoms with Crippen molar-refractivity contribution >= 4 is 5.69 Å². The van der Waals surface area contributed by atoms with E-state index in [1.807, 2.05) is 0 Å². The van der Waals surface area contributed by atoms with Crippen LogP contribution in [-0.4, -0.2) is 14.2 Å². The van der Waals surface area contributed by atoms with Gasteiger partial charge in [0.25, 0.3) is 0 Å². The third-order valence-electron chi connectivity index (χ3n) is 3.01. The summed E-state index contributed by atoms with van der Waals surface area (Å²) in [5.74, 6) is 1.90. The molecule has 0 atom stereocenters.